The highest BCUT2D eigenvalue weighted by Gasteiger charge is 2.11. The van der Waals surface area contributed by atoms with E-state index >= 15 is 0 Å². The van der Waals surface area contributed by atoms with Gasteiger partial charge in [-0.1, -0.05) is 24.3 Å². The second-order valence-corrected chi connectivity index (χ2v) is 5.67. The SMILES string of the molecule is COc1cccc(CNC(=O)CSc2ccccc2F)c1OC. The summed E-state index contributed by atoms with van der Waals surface area (Å²) in [4.78, 5) is 12.4. The summed E-state index contributed by atoms with van der Waals surface area (Å²) >= 11 is 1.16. The first-order chi connectivity index (χ1) is 11.2. The molecule has 0 aromatic heterocycles. The fourth-order valence-corrected chi connectivity index (χ4v) is 2.81. The molecule has 0 radical (unpaired) electrons. The van der Waals surface area contributed by atoms with Gasteiger partial charge in [-0.25, -0.2) is 4.39 Å². The van der Waals surface area contributed by atoms with Crippen LogP contribution in [0.2, 0.25) is 0 Å². The van der Waals surface area contributed by atoms with Crippen LogP contribution in [-0.2, 0) is 11.3 Å². The number of halogens is 1. The van der Waals surface area contributed by atoms with Gasteiger partial charge in [0.25, 0.3) is 0 Å². The van der Waals surface area contributed by atoms with Crippen LogP contribution in [0.5, 0.6) is 11.5 Å². The first-order valence-electron chi connectivity index (χ1n) is 6.99. The molecule has 1 N–H and O–H groups in total. The Labute approximate surface area is 139 Å². The summed E-state index contributed by atoms with van der Waals surface area (Å²) in [6, 6.07) is 11.9. The molecule has 0 heterocycles. The number of hydrogen-bond donors (Lipinski definition) is 1. The fourth-order valence-electron chi connectivity index (χ4n) is 2.04. The number of carbonyl (C=O) groups excluding carboxylic acids is 1. The second-order valence-electron chi connectivity index (χ2n) is 4.65. The summed E-state index contributed by atoms with van der Waals surface area (Å²) in [5.41, 5.74) is 0.816. The van der Waals surface area contributed by atoms with Crippen LogP contribution in [0.4, 0.5) is 4.39 Å². The van der Waals surface area contributed by atoms with Gasteiger partial charge in [-0.05, 0) is 18.2 Å². The molecule has 23 heavy (non-hydrogen) atoms. The Balaban J connectivity index is 1.91. The maximum atomic E-state index is 13.5. The Morgan fingerprint density at radius 3 is 2.61 bits per heavy atom. The minimum absolute atomic E-state index is 0.146. The Bertz CT molecular complexity index is 679. The van der Waals surface area contributed by atoms with Crippen molar-refractivity contribution in [3.8, 4) is 11.5 Å². The van der Waals surface area contributed by atoms with Gasteiger partial charge in [0.05, 0.1) is 20.0 Å². The number of methoxy groups -OCH3 is 2. The van der Waals surface area contributed by atoms with Gasteiger partial charge < -0.3 is 14.8 Å². The summed E-state index contributed by atoms with van der Waals surface area (Å²) in [5.74, 6) is 0.854. The molecule has 6 heteroatoms. The van der Waals surface area contributed by atoms with E-state index in [0.717, 1.165) is 17.3 Å². The lowest BCUT2D eigenvalue weighted by atomic mass is 10.2. The molecule has 0 atom stereocenters. The zero-order valence-corrected chi connectivity index (χ0v) is 13.8. The zero-order valence-electron chi connectivity index (χ0n) is 13.0. The molecule has 0 saturated carbocycles. The van der Waals surface area contributed by atoms with Crippen LogP contribution in [-0.4, -0.2) is 25.9 Å². The highest BCUT2D eigenvalue weighted by Crippen LogP contribution is 2.30. The lowest BCUT2D eigenvalue weighted by molar-refractivity contribution is -0.118. The van der Waals surface area contributed by atoms with E-state index in [2.05, 4.69) is 5.32 Å². The third kappa shape index (κ3) is 4.63. The Hall–Kier alpha value is -2.21. The van der Waals surface area contributed by atoms with Crippen molar-refractivity contribution in [2.75, 3.05) is 20.0 Å². The molecule has 0 bridgehead atoms. The topological polar surface area (TPSA) is 47.6 Å². The van der Waals surface area contributed by atoms with E-state index in [1.54, 1.807) is 38.5 Å². The number of para-hydroxylation sites is 1. The first-order valence-corrected chi connectivity index (χ1v) is 7.98. The van der Waals surface area contributed by atoms with Crippen molar-refractivity contribution in [3.63, 3.8) is 0 Å². The van der Waals surface area contributed by atoms with E-state index in [9.17, 15) is 9.18 Å². The van der Waals surface area contributed by atoms with Crippen molar-refractivity contribution in [3.05, 3.63) is 53.8 Å². The predicted molar refractivity (Wildman–Crippen MR) is 88.5 cm³/mol. The lowest BCUT2D eigenvalue weighted by Crippen LogP contribution is -2.24. The predicted octanol–water partition coefficient (Wildman–Crippen LogP) is 3.25. The Kier molecular flexibility index (Phi) is 6.29. The van der Waals surface area contributed by atoms with Crippen molar-refractivity contribution in [1.29, 1.82) is 0 Å². The third-order valence-electron chi connectivity index (χ3n) is 3.16. The van der Waals surface area contributed by atoms with E-state index in [-0.39, 0.29) is 17.5 Å². The lowest BCUT2D eigenvalue weighted by Gasteiger charge is -2.13. The van der Waals surface area contributed by atoms with Gasteiger partial charge in [0.2, 0.25) is 5.91 Å². The fraction of sp³-hybridized carbons (Fsp3) is 0.235. The minimum Gasteiger partial charge on any atom is -0.493 e. The molecular weight excluding hydrogens is 317 g/mol. The minimum atomic E-state index is -0.320. The second kappa shape index (κ2) is 8.43. The van der Waals surface area contributed by atoms with Crippen LogP contribution in [0.25, 0.3) is 0 Å². The molecule has 2 aromatic carbocycles. The molecule has 0 aliphatic rings. The number of hydrogen-bond acceptors (Lipinski definition) is 4. The molecule has 0 saturated heterocycles. The van der Waals surface area contributed by atoms with Crippen LogP contribution in [0.1, 0.15) is 5.56 Å². The number of rotatable bonds is 7. The number of thioether (sulfide) groups is 1. The molecule has 0 aliphatic heterocycles. The van der Waals surface area contributed by atoms with Gasteiger partial charge in [0.1, 0.15) is 5.82 Å². The average Bonchev–Trinajstić information content (AvgIpc) is 2.58. The molecule has 2 aromatic rings. The van der Waals surface area contributed by atoms with Crippen LogP contribution < -0.4 is 14.8 Å². The Morgan fingerprint density at radius 2 is 1.91 bits per heavy atom. The van der Waals surface area contributed by atoms with E-state index in [4.69, 9.17) is 9.47 Å². The molecule has 0 spiro atoms. The van der Waals surface area contributed by atoms with Gasteiger partial charge in [0, 0.05) is 17.0 Å². The average molecular weight is 335 g/mol. The highest BCUT2D eigenvalue weighted by atomic mass is 32.2. The van der Waals surface area contributed by atoms with E-state index in [0.29, 0.717) is 22.9 Å². The van der Waals surface area contributed by atoms with Gasteiger partial charge >= 0.3 is 0 Å². The largest absolute Gasteiger partial charge is 0.493 e. The number of ether oxygens (including phenoxy) is 2. The molecule has 0 fully saturated rings. The maximum Gasteiger partial charge on any atom is 0.230 e. The van der Waals surface area contributed by atoms with Crippen molar-refractivity contribution < 1.29 is 18.7 Å². The number of benzene rings is 2. The number of carbonyl (C=O) groups is 1. The summed E-state index contributed by atoms with van der Waals surface area (Å²) in [7, 11) is 3.11. The summed E-state index contributed by atoms with van der Waals surface area (Å²) in [6.45, 7) is 0.317. The van der Waals surface area contributed by atoms with Crippen molar-refractivity contribution in [2.45, 2.75) is 11.4 Å². The van der Waals surface area contributed by atoms with E-state index in [1.165, 1.54) is 6.07 Å². The van der Waals surface area contributed by atoms with Crippen LogP contribution in [0, 0.1) is 5.82 Å². The normalized spacial score (nSPS) is 10.2. The quantitative estimate of drug-likeness (QED) is 0.789. The van der Waals surface area contributed by atoms with Crippen LogP contribution in [0.15, 0.2) is 47.4 Å². The van der Waals surface area contributed by atoms with Gasteiger partial charge in [0.15, 0.2) is 11.5 Å². The molecule has 0 unspecified atom stereocenters. The summed E-state index contributed by atoms with van der Waals surface area (Å²) in [5, 5.41) is 2.80. The zero-order chi connectivity index (χ0) is 16.7. The molecule has 0 aliphatic carbocycles. The van der Waals surface area contributed by atoms with Gasteiger partial charge in [-0.3, -0.25) is 4.79 Å². The monoisotopic (exact) mass is 335 g/mol. The highest BCUT2D eigenvalue weighted by molar-refractivity contribution is 8.00. The Morgan fingerprint density at radius 1 is 1.13 bits per heavy atom. The van der Waals surface area contributed by atoms with Crippen LogP contribution in [0.3, 0.4) is 0 Å². The number of amides is 1. The van der Waals surface area contributed by atoms with Crippen molar-refractivity contribution in [2.24, 2.45) is 0 Å². The van der Waals surface area contributed by atoms with Gasteiger partial charge in [-0.2, -0.15) is 0 Å². The summed E-state index contributed by atoms with van der Waals surface area (Å²) in [6.07, 6.45) is 0. The van der Waals surface area contributed by atoms with Crippen molar-refractivity contribution in [1.82, 2.24) is 5.32 Å². The third-order valence-corrected chi connectivity index (χ3v) is 4.20. The van der Waals surface area contributed by atoms with Gasteiger partial charge in [-0.15, -0.1) is 11.8 Å². The summed E-state index contributed by atoms with van der Waals surface area (Å²) < 4.78 is 24.0. The van der Waals surface area contributed by atoms with E-state index < -0.39 is 0 Å². The van der Waals surface area contributed by atoms with Crippen molar-refractivity contribution >= 4 is 17.7 Å². The first kappa shape index (κ1) is 17.1. The molecule has 2 rings (SSSR count). The smallest absolute Gasteiger partial charge is 0.230 e. The molecule has 1 amide bonds. The number of nitrogens with one attached hydrogen (secondary N) is 1. The molecule has 122 valence electrons. The van der Waals surface area contributed by atoms with E-state index in [1.807, 2.05) is 12.1 Å². The molecular formula is C17H18FNO3S. The van der Waals surface area contributed by atoms with Crippen LogP contribution >= 0.6 is 11.8 Å². The molecule has 4 nitrogen and oxygen atoms in total. The standard InChI is InChI=1S/C17H18FNO3S/c1-21-14-8-5-6-12(17(14)22-2)10-19-16(20)11-23-15-9-4-3-7-13(15)18/h3-9H,10-11H2,1-2H3,(H,19,20). The maximum absolute atomic E-state index is 13.5.